The van der Waals surface area contributed by atoms with Gasteiger partial charge < -0.3 is 5.11 Å². The van der Waals surface area contributed by atoms with Crippen molar-refractivity contribution in [2.45, 2.75) is 50.1 Å². The molecular weight excluding hydrogens is 366 g/mol. The maximum absolute atomic E-state index is 12.8. The van der Waals surface area contributed by atoms with E-state index in [0.717, 1.165) is 30.6 Å². The van der Waals surface area contributed by atoms with Gasteiger partial charge >= 0.3 is 5.97 Å². The molecule has 0 saturated carbocycles. The molecule has 20 heavy (non-hydrogen) atoms. The molecule has 0 spiro atoms. The van der Waals surface area contributed by atoms with Crippen molar-refractivity contribution >= 4 is 43.3 Å². The van der Waals surface area contributed by atoms with E-state index in [2.05, 4.69) is 15.9 Å². The molecule has 2 heterocycles. The van der Waals surface area contributed by atoms with E-state index in [1.54, 1.807) is 0 Å². The Morgan fingerprint density at radius 3 is 2.70 bits per heavy atom. The minimum absolute atomic E-state index is 0.00456. The van der Waals surface area contributed by atoms with Crippen molar-refractivity contribution < 1.29 is 18.3 Å². The second-order valence-electron chi connectivity index (χ2n) is 4.88. The zero-order valence-corrected chi connectivity index (χ0v) is 14.4. The Kier molecular flexibility index (Phi) is 4.58. The zero-order chi connectivity index (χ0) is 15.1. The summed E-state index contributed by atoms with van der Waals surface area (Å²) in [6, 6.07) is 1.18. The summed E-state index contributed by atoms with van der Waals surface area (Å²) in [4.78, 5) is 11.1. The number of carbonyl (C=O) groups is 1. The highest BCUT2D eigenvalue weighted by Crippen LogP contribution is 2.38. The van der Waals surface area contributed by atoms with E-state index in [4.69, 9.17) is 5.11 Å². The molecule has 2 unspecified atom stereocenters. The average molecular weight is 382 g/mol. The third-order valence-electron chi connectivity index (χ3n) is 3.60. The lowest BCUT2D eigenvalue weighted by Gasteiger charge is -2.26. The van der Waals surface area contributed by atoms with E-state index in [9.17, 15) is 13.2 Å². The van der Waals surface area contributed by atoms with Crippen LogP contribution in [-0.2, 0) is 10.0 Å². The first kappa shape index (κ1) is 15.9. The number of hydrogen-bond acceptors (Lipinski definition) is 4. The molecule has 1 aromatic rings. The number of aromatic carboxylic acids is 1. The first-order valence-corrected chi connectivity index (χ1v) is 9.40. The van der Waals surface area contributed by atoms with Gasteiger partial charge in [-0.1, -0.05) is 6.92 Å². The van der Waals surface area contributed by atoms with Crippen LogP contribution >= 0.6 is 27.3 Å². The van der Waals surface area contributed by atoms with Gasteiger partial charge in [0, 0.05) is 12.1 Å². The Hall–Kier alpha value is -0.440. The zero-order valence-electron chi connectivity index (χ0n) is 11.2. The molecule has 0 radical (unpaired) electrons. The number of halogens is 1. The van der Waals surface area contributed by atoms with Crippen LogP contribution < -0.4 is 0 Å². The van der Waals surface area contributed by atoms with Gasteiger partial charge in [-0.3, -0.25) is 0 Å². The highest BCUT2D eigenvalue weighted by atomic mass is 79.9. The predicted octanol–water partition coefficient (Wildman–Crippen LogP) is 3.16. The summed E-state index contributed by atoms with van der Waals surface area (Å²) >= 11 is 4.11. The molecule has 1 aromatic heterocycles. The molecule has 1 aliphatic rings. The molecule has 2 rings (SSSR count). The van der Waals surface area contributed by atoms with Crippen molar-refractivity contribution in [2.75, 3.05) is 0 Å². The maximum atomic E-state index is 12.8. The van der Waals surface area contributed by atoms with Crippen LogP contribution in [0.2, 0.25) is 0 Å². The van der Waals surface area contributed by atoms with Crippen LogP contribution in [0.3, 0.4) is 0 Å². The first-order valence-electron chi connectivity index (χ1n) is 6.35. The lowest BCUT2D eigenvalue weighted by atomic mass is 10.2. The van der Waals surface area contributed by atoms with Gasteiger partial charge in [0.05, 0.1) is 3.79 Å². The molecule has 1 N–H and O–H groups in total. The summed E-state index contributed by atoms with van der Waals surface area (Å²) in [6.07, 6.45) is 2.45. The number of sulfonamides is 1. The van der Waals surface area contributed by atoms with E-state index in [-0.39, 0.29) is 21.9 Å². The van der Waals surface area contributed by atoms with Crippen LogP contribution in [0, 0.1) is 0 Å². The summed E-state index contributed by atoms with van der Waals surface area (Å²) in [5.41, 5.74) is 0. The number of carboxylic acids is 1. The van der Waals surface area contributed by atoms with Crippen LogP contribution in [0.25, 0.3) is 0 Å². The van der Waals surface area contributed by atoms with Crippen LogP contribution in [0.15, 0.2) is 14.7 Å². The van der Waals surface area contributed by atoms with E-state index >= 15 is 0 Å². The molecular formula is C12H16BrNO4S2. The largest absolute Gasteiger partial charge is 0.477 e. The summed E-state index contributed by atoms with van der Waals surface area (Å²) in [5.74, 6) is -1.11. The summed E-state index contributed by atoms with van der Waals surface area (Å²) < 4.78 is 27.4. The fraction of sp³-hybridized carbons (Fsp3) is 0.583. The van der Waals surface area contributed by atoms with Gasteiger partial charge in [-0.2, -0.15) is 4.31 Å². The lowest BCUT2D eigenvalue weighted by molar-refractivity contribution is 0.0702. The van der Waals surface area contributed by atoms with Gasteiger partial charge in [-0.15, -0.1) is 11.3 Å². The molecule has 8 heteroatoms. The highest BCUT2D eigenvalue weighted by Gasteiger charge is 2.40. The Morgan fingerprint density at radius 2 is 2.20 bits per heavy atom. The topological polar surface area (TPSA) is 74.7 Å². The second-order valence-corrected chi connectivity index (χ2v) is 9.06. The summed E-state index contributed by atoms with van der Waals surface area (Å²) in [5, 5.41) is 8.98. The number of nitrogens with zero attached hydrogens (tertiary/aromatic N) is 1. The second kappa shape index (κ2) is 5.75. The summed E-state index contributed by atoms with van der Waals surface area (Å²) in [6.45, 7) is 3.86. The molecule has 0 aromatic carbocycles. The Bertz CT molecular complexity index is 625. The van der Waals surface area contributed by atoms with Crippen molar-refractivity contribution in [1.82, 2.24) is 4.31 Å². The van der Waals surface area contributed by atoms with Crippen molar-refractivity contribution in [2.24, 2.45) is 0 Å². The average Bonchev–Trinajstić information content (AvgIpc) is 2.92. The summed E-state index contributed by atoms with van der Waals surface area (Å²) in [7, 11) is -3.66. The Balaban J connectivity index is 2.47. The maximum Gasteiger partial charge on any atom is 0.345 e. The number of thiophene rings is 1. The molecule has 1 saturated heterocycles. The molecule has 112 valence electrons. The predicted molar refractivity (Wildman–Crippen MR) is 80.8 cm³/mol. The van der Waals surface area contributed by atoms with Crippen molar-refractivity contribution in [3.63, 3.8) is 0 Å². The molecule has 0 amide bonds. The number of rotatable bonds is 4. The monoisotopic (exact) mass is 381 g/mol. The standard InChI is InChI=1S/C12H16BrNO4S2/c1-3-8-5-4-7(2)14(8)20(17,18)10-6-9(12(15)16)19-11(10)13/h6-8H,3-5H2,1-2H3,(H,15,16). The fourth-order valence-electron chi connectivity index (χ4n) is 2.61. The first-order chi connectivity index (χ1) is 9.28. The van der Waals surface area contributed by atoms with Gasteiger partial charge in [-0.05, 0) is 48.2 Å². The van der Waals surface area contributed by atoms with E-state index in [1.165, 1.54) is 10.4 Å². The molecule has 1 aliphatic heterocycles. The van der Waals surface area contributed by atoms with Crippen molar-refractivity contribution in [3.8, 4) is 0 Å². The van der Waals surface area contributed by atoms with Gasteiger partial charge in [0.2, 0.25) is 10.0 Å². The fourth-order valence-corrected chi connectivity index (χ4v) is 6.92. The molecule has 5 nitrogen and oxygen atoms in total. The highest BCUT2D eigenvalue weighted by molar-refractivity contribution is 9.11. The van der Waals surface area contributed by atoms with Crippen LogP contribution in [0.1, 0.15) is 42.8 Å². The molecule has 1 fully saturated rings. The number of carboxylic acid groups (broad SMARTS) is 1. The molecule has 0 bridgehead atoms. The third-order valence-corrected chi connectivity index (χ3v) is 7.91. The smallest absolute Gasteiger partial charge is 0.345 e. The van der Waals surface area contributed by atoms with Crippen LogP contribution in [0.4, 0.5) is 0 Å². The van der Waals surface area contributed by atoms with Gasteiger partial charge in [0.1, 0.15) is 9.77 Å². The number of hydrogen-bond donors (Lipinski definition) is 1. The minimum atomic E-state index is -3.66. The third kappa shape index (κ3) is 2.66. The van der Waals surface area contributed by atoms with E-state index in [1.807, 2.05) is 13.8 Å². The Labute approximate surface area is 130 Å². The van der Waals surface area contributed by atoms with Gasteiger partial charge in [0.15, 0.2) is 0 Å². The van der Waals surface area contributed by atoms with E-state index < -0.39 is 16.0 Å². The SMILES string of the molecule is CCC1CCC(C)N1S(=O)(=O)c1cc(C(=O)O)sc1Br. The lowest BCUT2D eigenvalue weighted by Crippen LogP contribution is -2.39. The normalized spacial score (nSPS) is 24.1. The van der Waals surface area contributed by atoms with Gasteiger partial charge in [0.25, 0.3) is 0 Å². The Morgan fingerprint density at radius 1 is 1.55 bits per heavy atom. The minimum Gasteiger partial charge on any atom is -0.477 e. The van der Waals surface area contributed by atoms with Gasteiger partial charge in [-0.25, -0.2) is 13.2 Å². The van der Waals surface area contributed by atoms with E-state index in [0.29, 0.717) is 3.79 Å². The molecule has 2 atom stereocenters. The molecule has 0 aliphatic carbocycles. The van der Waals surface area contributed by atoms with Crippen molar-refractivity contribution in [3.05, 3.63) is 14.7 Å². The van der Waals surface area contributed by atoms with Crippen molar-refractivity contribution in [1.29, 1.82) is 0 Å². The van der Waals surface area contributed by atoms with Crippen LogP contribution in [-0.4, -0.2) is 35.9 Å². The van der Waals surface area contributed by atoms with Crippen LogP contribution in [0.5, 0.6) is 0 Å². The quantitative estimate of drug-likeness (QED) is 0.868.